The smallest absolute Gasteiger partial charge is 0.00663 e. The summed E-state index contributed by atoms with van der Waals surface area (Å²) in [5.74, 6) is 1.62. The highest BCUT2D eigenvalue weighted by atomic mass is 14.9. The van der Waals surface area contributed by atoms with E-state index in [9.17, 15) is 0 Å². The highest BCUT2D eigenvalue weighted by molar-refractivity contribution is 4.71. The molecule has 0 aromatic carbocycles. The first-order valence-corrected chi connectivity index (χ1v) is 4.30. The highest BCUT2D eigenvalue weighted by Crippen LogP contribution is 2.18. The molecule has 0 spiro atoms. The van der Waals surface area contributed by atoms with Crippen molar-refractivity contribution < 1.29 is 0 Å². The molecule has 0 aliphatic rings. The molecule has 0 bridgehead atoms. The Morgan fingerprint density at radius 3 is 1.80 bits per heavy atom. The summed E-state index contributed by atoms with van der Waals surface area (Å²) in [4.78, 5) is 0. The van der Waals surface area contributed by atoms with E-state index in [0.717, 1.165) is 11.8 Å². The van der Waals surface area contributed by atoms with Gasteiger partial charge in [-0.25, -0.2) is 0 Å². The van der Waals surface area contributed by atoms with E-state index in [0.29, 0.717) is 6.04 Å². The summed E-state index contributed by atoms with van der Waals surface area (Å²) < 4.78 is 0. The molecule has 0 heterocycles. The summed E-state index contributed by atoms with van der Waals surface area (Å²) in [7, 11) is 2.04. The molecule has 62 valence electrons. The van der Waals surface area contributed by atoms with E-state index in [-0.39, 0.29) is 0 Å². The third-order valence-corrected chi connectivity index (χ3v) is 2.43. The van der Waals surface area contributed by atoms with E-state index < -0.39 is 0 Å². The number of hydrogen-bond donors (Lipinski definition) is 1. The van der Waals surface area contributed by atoms with Crippen LogP contribution in [-0.4, -0.2) is 13.1 Å². The van der Waals surface area contributed by atoms with Crippen molar-refractivity contribution in [1.29, 1.82) is 0 Å². The van der Waals surface area contributed by atoms with Crippen molar-refractivity contribution in [3.05, 3.63) is 0 Å². The third kappa shape index (κ3) is 2.70. The van der Waals surface area contributed by atoms with Gasteiger partial charge in [-0.05, 0) is 25.8 Å². The monoisotopic (exact) mass is 143 g/mol. The fraction of sp³-hybridized carbons (Fsp3) is 1.00. The molecule has 0 saturated carbocycles. The van der Waals surface area contributed by atoms with E-state index in [1.165, 1.54) is 6.42 Å². The molecule has 0 aromatic rings. The van der Waals surface area contributed by atoms with E-state index in [1.807, 2.05) is 7.05 Å². The van der Waals surface area contributed by atoms with Crippen LogP contribution in [0.4, 0.5) is 0 Å². The maximum Gasteiger partial charge on any atom is 0.00663 e. The van der Waals surface area contributed by atoms with E-state index in [4.69, 9.17) is 0 Å². The van der Waals surface area contributed by atoms with Gasteiger partial charge < -0.3 is 5.32 Å². The topological polar surface area (TPSA) is 12.0 Å². The lowest BCUT2D eigenvalue weighted by Gasteiger charge is -2.25. The summed E-state index contributed by atoms with van der Waals surface area (Å²) in [5, 5.41) is 3.30. The lowest BCUT2D eigenvalue weighted by molar-refractivity contribution is 0.293. The lowest BCUT2D eigenvalue weighted by Crippen LogP contribution is -2.33. The molecule has 0 saturated heterocycles. The van der Waals surface area contributed by atoms with Crippen LogP contribution < -0.4 is 5.32 Å². The summed E-state index contributed by atoms with van der Waals surface area (Å²) in [6.07, 6.45) is 1.28. The SMILES string of the molecule is CCC(C(C)C)[C@H](C)NC. The third-order valence-electron chi connectivity index (χ3n) is 2.43. The summed E-state index contributed by atoms with van der Waals surface area (Å²) >= 11 is 0. The van der Waals surface area contributed by atoms with Crippen LogP contribution in [-0.2, 0) is 0 Å². The van der Waals surface area contributed by atoms with Gasteiger partial charge in [-0.3, -0.25) is 0 Å². The first-order valence-electron chi connectivity index (χ1n) is 4.30. The quantitative estimate of drug-likeness (QED) is 0.636. The molecule has 0 aliphatic carbocycles. The van der Waals surface area contributed by atoms with Gasteiger partial charge in [-0.2, -0.15) is 0 Å². The van der Waals surface area contributed by atoms with Gasteiger partial charge in [0.05, 0.1) is 0 Å². The van der Waals surface area contributed by atoms with Gasteiger partial charge in [0.15, 0.2) is 0 Å². The summed E-state index contributed by atoms with van der Waals surface area (Å²) in [6.45, 7) is 9.11. The molecule has 0 amide bonds. The van der Waals surface area contributed by atoms with Crippen molar-refractivity contribution in [2.75, 3.05) is 7.05 Å². The second-order valence-electron chi connectivity index (χ2n) is 3.39. The fourth-order valence-electron chi connectivity index (χ4n) is 1.62. The van der Waals surface area contributed by atoms with Crippen LogP contribution >= 0.6 is 0 Å². The molecule has 0 aromatic heterocycles. The Labute approximate surface area is 65.2 Å². The minimum atomic E-state index is 0.657. The standard InChI is InChI=1S/C9H21N/c1-6-9(7(2)3)8(4)10-5/h7-10H,6H2,1-5H3/t8-,9?/m0/s1. The molecule has 0 radical (unpaired) electrons. The Bertz CT molecular complexity index is 78.8. The molecule has 1 nitrogen and oxygen atoms in total. The summed E-state index contributed by atoms with van der Waals surface area (Å²) in [6, 6.07) is 0.657. The van der Waals surface area contributed by atoms with Crippen molar-refractivity contribution in [2.24, 2.45) is 11.8 Å². The van der Waals surface area contributed by atoms with Crippen LogP contribution in [0.3, 0.4) is 0 Å². The largest absolute Gasteiger partial charge is 0.317 e. The second kappa shape index (κ2) is 4.73. The molecule has 0 fully saturated rings. The first kappa shape index (κ1) is 9.96. The summed E-state index contributed by atoms with van der Waals surface area (Å²) in [5.41, 5.74) is 0. The molecule has 1 N–H and O–H groups in total. The second-order valence-corrected chi connectivity index (χ2v) is 3.39. The van der Waals surface area contributed by atoms with E-state index in [2.05, 4.69) is 33.0 Å². The van der Waals surface area contributed by atoms with Crippen LogP contribution in [0.15, 0.2) is 0 Å². The Hall–Kier alpha value is -0.0400. The van der Waals surface area contributed by atoms with Gasteiger partial charge in [-0.15, -0.1) is 0 Å². The first-order chi connectivity index (χ1) is 4.63. The maximum atomic E-state index is 3.30. The predicted octanol–water partition coefficient (Wildman–Crippen LogP) is 2.28. The van der Waals surface area contributed by atoms with Crippen LogP contribution in [0.5, 0.6) is 0 Å². The molecule has 10 heavy (non-hydrogen) atoms. The van der Waals surface area contributed by atoms with E-state index in [1.54, 1.807) is 0 Å². The van der Waals surface area contributed by atoms with Crippen molar-refractivity contribution in [3.8, 4) is 0 Å². The lowest BCUT2D eigenvalue weighted by atomic mass is 9.87. The molecule has 0 aliphatic heterocycles. The predicted molar refractivity (Wildman–Crippen MR) is 47.1 cm³/mol. The average Bonchev–Trinajstić information content (AvgIpc) is 1.88. The molecule has 1 unspecified atom stereocenters. The van der Waals surface area contributed by atoms with Crippen molar-refractivity contribution in [2.45, 2.75) is 40.2 Å². The van der Waals surface area contributed by atoms with Crippen LogP contribution in [0.25, 0.3) is 0 Å². The van der Waals surface area contributed by atoms with Gasteiger partial charge in [0.25, 0.3) is 0 Å². The maximum absolute atomic E-state index is 3.30. The van der Waals surface area contributed by atoms with E-state index >= 15 is 0 Å². The van der Waals surface area contributed by atoms with Gasteiger partial charge in [-0.1, -0.05) is 27.2 Å². The molecular formula is C9H21N. The van der Waals surface area contributed by atoms with Crippen molar-refractivity contribution >= 4 is 0 Å². The van der Waals surface area contributed by atoms with Gasteiger partial charge in [0.2, 0.25) is 0 Å². The Balaban J connectivity index is 3.80. The zero-order chi connectivity index (χ0) is 8.15. The molecule has 1 heteroatoms. The van der Waals surface area contributed by atoms with Crippen LogP contribution in [0.2, 0.25) is 0 Å². The minimum Gasteiger partial charge on any atom is -0.317 e. The Morgan fingerprint density at radius 1 is 1.20 bits per heavy atom. The molecule has 0 rings (SSSR count). The minimum absolute atomic E-state index is 0.657. The molecule has 2 atom stereocenters. The average molecular weight is 143 g/mol. The number of hydrogen-bond acceptors (Lipinski definition) is 1. The zero-order valence-electron chi connectivity index (χ0n) is 7.94. The van der Waals surface area contributed by atoms with Crippen molar-refractivity contribution in [1.82, 2.24) is 5.32 Å². The Kier molecular flexibility index (Phi) is 4.71. The zero-order valence-corrected chi connectivity index (χ0v) is 7.94. The normalized spacial score (nSPS) is 17.4. The van der Waals surface area contributed by atoms with Gasteiger partial charge in [0.1, 0.15) is 0 Å². The highest BCUT2D eigenvalue weighted by Gasteiger charge is 2.16. The van der Waals surface area contributed by atoms with Crippen molar-refractivity contribution in [3.63, 3.8) is 0 Å². The van der Waals surface area contributed by atoms with Gasteiger partial charge in [0, 0.05) is 6.04 Å². The molecular weight excluding hydrogens is 122 g/mol. The van der Waals surface area contributed by atoms with Crippen LogP contribution in [0.1, 0.15) is 34.1 Å². The van der Waals surface area contributed by atoms with Gasteiger partial charge >= 0.3 is 0 Å². The fourth-order valence-corrected chi connectivity index (χ4v) is 1.62. The number of nitrogens with one attached hydrogen (secondary N) is 1. The van der Waals surface area contributed by atoms with Crippen LogP contribution in [0, 0.1) is 11.8 Å². The number of rotatable bonds is 4. The Morgan fingerprint density at radius 2 is 1.70 bits per heavy atom.